The Balaban J connectivity index is -0.000000108. The minimum absolute atomic E-state index is 0. The van der Waals surface area contributed by atoms with Gasteiger partial charge >= 0.3 is 25.8 Å². The van der Waals surface area contributed by atoms with Crippen LogP contribution in [0.25, 0.3) is 0 Å². The van der Waals surface area contributed by atoms with Crippen molar-refractivity contribution in [1.29, 1.82) is 0 Å². The van der Waals surface area contributed by atoms with Gasteiger partial charge in [-0.2, -0.15) is 0 Å². The Hall–Kier alpha value is 1.38. The molecule has 0 aromatic carbocycles. The number of carboxylic acids is 3. The molecule has 0 spiro atoms. The number of carbonyl (C=O) groups excluding carboxylic acids is 3. The van der Waals surface area contributed by atoms with Crippen LogP contribution in [-0.2, 0) is 14.4 Å². The van der Waals surface area contributed by atoms with Crippen molar-refractivity contribution in [3.63, 3.8) is 0 Å². The molecule has 0 heterocycles. The Morgan fingerprint density at radius 3 is 0.727 bits per heavy atom. The first-order valence-corrected chi connectivity index (χ1v) is 9.19. The predicted octanol–water partition coefficient (Wildman–Crippen LogP) is 0.722. The summed E-state index contributed by atoms with van der Waals surface area (Å²) >= 11 is 16.4. The normalized spacial score (nSPS) is 10.9. The summed E-state index contributed by atoms with van der Waals surface area (Å²) in [6, 6.07) is 0. The van der Waals surface area contributed by atoms with E-state index in [2.05, 4.69) is 95.6 Å². The molecule has 0 amide bonds. The summed E-state index contributed by atoms with van der Waals surface area (Å²) in [5, 5.41) is 29.0. The first-order valence-electron chi connectivity index (χ1n) is 4.06. The van der Waals surface area contributed by atoms with Crippen LogP contribution < -0.4 is 15.3 Å². The fourth-order valence-corrected chi connectivity index (χ4v) is 0.694. The maximum Gasteiger partial charge on any atom is 3.00 e. The van der Waals surface area contributed by atoms with Crippen LogP contribution in [0, 0.1) is 0 Å². The topological polar surface area (TPSA) is 120 Å². The van der Waals surface area contributed by atoms with Gasteiger partial charge in [-0.25, -0.2) is 0 Å². The summed E-state index contributed by atoms with van der Waals surface area (Å²) < 4.78 is 0.0208. The largest absolute Gasteiger partial charge is 3.00 e. The van der Waals surface area contributed by atoms with Crippen molar-refractivity contribution in [2.24, 2.45) is 0 Å². The molecule has 120 valence electrons. The Bertz CT molecular complexity index is 395. The quantitative estimate of drug-likeness (QED) is 0.389. The zero-order chi connectivity index (χ0) is 17.6. The Morgan fingerprint density at radius 1 is 0.591 bits per heavy atom. The molecule has 0 aliphatic carbocycles. The molecule has 0 aliphatic rings. The zero-order valence-electron chi connectivity index (χ0n) is 10.0. The van der Waals surface area contributed by atoms with E-state index in [1.54, 1.807) is 0 Å². The van der Waals surface area contributed by atoms with Gasteiger partial charge in [-0.15, -0.1) is 0 Å². The molecule has 13 heteroatoms. The van der Waals surface area contributed by atoms with Gasteiger partial charge in [0.2, 0.25) is 0 Å². The van der Waals surface area contributed by atoms with Gasteiger partial charge in [0, 0.05) is 13.4 Å². The van der Waals surface area contributed by atoms with Gasteiger partial charge < -0.3 is 29.7 Å². The summed E-state index contributed by atoms with van der Waals surface area (Å²) in [5.74, 6) is -3.68. The molecule has 0 aliphatic heterocycles. The predicted molar refractivity (Wildman–Crippen MR) is 98.6 cm³/mol. The van der Waals surface area contributed by atoms with Gasteiger partial charge in [-0.3, -0.25) is 0 Å². The number of carboxylic acid groups (broad SMARTS) is 3. The molecule has 0 aromatic rings. The van der Waals surface area contributed by atoms with Gasteiger partial charge in [0.15, 0.2) is 0 Å². The van der Waals surface area contributed by atoms with E-state index in [1.807, 2.05) is 0 Å². The number of halogens is 6. The standard InChI is InChI=1S/3C3H2Br2O2.In/c3*4-1-2(5)3(6)7;/h3*1H,(H,6,7);/q;;;+3/p-3/b3*2-1-;. The first kappa shape index (κ1) is 31.2. The van der Waals surface area contributed by atoms with Crippen molar-refractivity contribution < 1.29 is 29.7 Å². The molecule has 0 fully saturated rings. The molecule has 0 bridgehead atoms. The third-order valence-corrected chi connectivity index (χ3v) is 5.75. The number of hydrogen-bond donors (Lipinski definition) is 0. The van der Waals surface area contributed by atoms with Gasteiger partial charge in [0.1, 0.15) is 0 Å². The third kappa shape index (κ3) is 23.6. The van der Waals surface area contributed by atoms with Crippen LogP contribution in [0.1, 0.15) is 0 Å². The molecule has 0 saturated heterocycles. The molecule has 22 heavy (non-hydrogen) atoms. The average molecular weight is 801 g/mol. The summed E-state index contributed by atoms with van der Waals surface area (Å²) in [5.41, 5.74) is 0. The van der Waals surface area contributed by atoms with Crippen molar-refractivity contribution in [2.45, 2.75) is 0 Å². The SMILES string of the molecule is O=C([O-])/C(Br)=C/Br.O=C([O-])/C(Br)=C/Br.O=C([O-])/C(Br)=C/Br.[In+3]. The summed E-state index contributed by atoms with van der Waals surface area (Å²) in [7, 11) is 0. The van der Waals surface area contributed by atoms with Gasteiger partial charge in [0.05, 0.1) is 17.9 Å². The fourth-order valence-electron chi connectivity index (χ4n) is 0.134. The van der Waals surface area contributed by atoms with E-state index >= 15 is 0 Å². The van der Waals surface area contributed by atoms with E-state index < -0.39 is 17.9 Å². The van der Waals surface area contributed by atoms with E-state index in [4.69, 9.17) is 0 Å². The number of hydrogen-bond acceptors (Lipinski definition) is 6. The monoisotopic (exact) mass is 795 g/mol. The van der Waals surface area contributed by atoms with Gasteiger partial charge in [-0.1, -0.05) is 47.8 Å². The van der Waals surface area contributed by atoms with Crippen molar-refractivity contribution >= 4 is 139 Å². The molecule has 0 saturated carbocycles. The van der Waals surface area contributed by atoms with E-state index in [0.717, 1.165) is 0 Å². The smallest absolute Gasteiger partial charge is 0.544 e. The summed E-state index contributed by atoms with van der Waals surface area (Å²) in [6.07, 6.45) is 0. The second kappa shape index (κ2) is 20.4. The fraction of sp³-hybridized carbons (Fsp3) is 0. The number of rotatable bonds is 3. The maximum absolute atomic E-state index is 9.67. The van der Waals surface area contributed by atoms with Crippen LogP contribution in [0.4, 0.5) is 0 Å². The third-order valence-electron chi connectivity index (χ3n) is 0.872. The molecule has 6 nitrogen and oxygen atoms in total. The van der Waals surface area contributed by atoms with Crippen LogP contribution in [0.5, 0.6) is 0 Å². The molecular formula is C9H3Br6InO6. The van der Waals surface area contributed by atoms with Crippen molar-refractivity contribution in [2.75, 3.05) is 0 Å². The zero-order valence-corrected chi connectivity index (χ0v) is 22.8. The van der Waals surface area contributed by atoms with E-state index in [-0.39, 0.29) is 39.3 Å². The van der Waals surface area contributed by atoms with Crippen LogP contribution in [-0.4, -0.2) is 43.8 Å². The number of carbonyl (C=O) groups is 3. The van der Waals surface area contributed by atoms with Crippen LogP contribution >= 0.6 is 95.6 Å². The van der Waals surface area contributed by atoms with Crippen LogP contribution in [0.15, 0.2) is 28.4 Å². The minimum Gasteiger partial charge on any atom is -0.544 e. The molecule has 0 unspecified atom stereocenters. The molecular weight excluding hydrogens is 798 g/mol. The molecule has 0 N–H and O–H groups in total. The van der Waals surface area contributed by atoms with E-state index in [0.29, 0.717) is 0 Å². The van der Waals surface area contributed by atoms with E-state index in [9.17, 15) is 29.7 Å². The second-order valence-electron chi connectivity index (χ2n) is 2.23. The average Bonchev–Trinajstić information content (AvgIpc) is 2.45. The minimum atomic E-state index is -1.23. The van der Waals surface area contributed by atoms with Crippen molar-refractivity contribution in [3.8, 4) is 0 Å². The Morgan fingerprint density at radius 2 is 0.727 bits per heavy atom. The van der Waals surface area contributed by atoms with E-state index in [1.165, 1.54) is 15.0 Å². The first-order chi connectivity index (χ1) is 9.54. The summed E-state index contributed by atoms with van der Waals surface area (Å²) in [4.78, 5) is 32.7. The number of aliphatic carboxylic acids is 3. The van der Waals surface area contributed by atoms with Crippen molar-refractivity contribution in [3.05, 3.63) is 28.4 Å². The molecule has 0 atom stereocenters. The second-order valence-corrected chi connectivity index (χ2v) is 6.17. The Labute approximate surface area is 195 Å². The van der Waals surface area contributed by atoms with Gasteiger partial charge in [-0.05, 0) is 62.7 Å². The maximum atomic E-state index is 9.67. The molecule has 0 rings (SSSR count). The van der Waals surface area contributed by atoms with Crippen LogP contribution in [0.3, 0.4) is 0 Å². The molecule has 0 radical (unpaired) electrons. The molecule has 0 aromatic heterocycles. The Kier molecular flexibility index (Phi) is 28.9. The van der Waals surface area contributed by atoms with Gasteiger partial charge in [0.25, 0.3) is 0 Å². The van der Waals surface area contributed by atoms with Crippen LogP contribution in [0.2, 0.25) is 0 Å². The van der Waals surface area contributed by atoms with Crippen molar-refractivity contribution in [1.82, 2.24) is 0 Å². The summed E-state index contributed by atoms with van der Waals surface area (Å²) in [6.45, 7) is 0.